The van der Waals surface area contributed by atoms with Gasteiger partial charge in [-0.1, -0.05) is 0 Å². The Hall–Kier alpha value is -2.90. The molecule has 0 unspecified atom stereocenters. The van der Waals surface area contributed by atoms with E-state index >= 15 is 0 Å². The number of rotatable bonds is 4. The molecule has 0 radical (unpaired) electrons. The van der Waals surface area contributed by atoms with Crippen molar-refractivity contribution in [2.24, 2.45) is 5.92 Å². The van der Waals surface area contributed by atoms with Crippen molar-refractivity contribution >= 4 is 11.7 Å². The van der Waals surface area contributed by atoms with Crippen LogP contribution < -0.4 is 9.47 Å². The van der Waals surface area contributed by atoms with E-state index in [0.29, 0.717) is 56.2 Å². The Morgan fingerprint density at radius 1 is 1.15 bits per heavy atom. The second kappa shape index (κ2) is 7.38. The first-order chi connectivity index (χ1) is 13.1. The van der Waals surface area contributed by atoms with E-state index in [4.69, 9.17) is 9.47 Å². The molecule has 0 N–H and O–H groups in total. The van der Waals surface area contributed by atoms with E-state index in [1.165, 1.54) is 6.33 Å². The molecule has 1 atom stereocenters. The van der Waals surface area contributed by atoms with Crippen molar-refractivity contribution in [2.75, 3.05) is 26.3 Å². The number of fused-ring (bicyclic) bond motifs is 1. The number of ether oxygens (including phenoxy) is 2. The minimum atomic E-state index is -0.391. The standard InChI is InChI=1S/C19H22N4O4/c1-13(23-12-20-11-21-23)19(25)22-6-4-14(5-7-22)18(24)15-2-3-16-17(10-15)27-9-8-26-16/h2-3,10-14H,4-9H2,1H3/t13-/m0/s1. The van der Waals surface area contributed by atoms with Crippen molar-refractivity contribution < 1.29 is 19.1 Å². The van der Waals surface area contributed by atoms with Gasteiger partial charge < -0.3 is 14.4 Å². The molecule has 8 heteroatoms. The molecule has 2 aromatic rings. The van der Waals surface area contributed by atoms with E-state index in [1.807, 2.05) is 6.92 Å². The highest BCUT2D eigenvalue weighted by Crippen LogP contribution is 2.32. The third kappa shape index (κ3) is 3.51. The van der Waals surface area contributed by atoms with E-state index < -0.39 is 6.04 Å². The highest BCUT2D eigenvalue weighted by molar-refractivity contribution is 5.98. The third-order valence-corrected chi connectivity index (χ3v) is 5.19. The molecule has 1 aromatic carbocycles. The summed E-state index contributed by atoms with van der Waals surface area (Å²) < 4.78 is 12.6. The molecule has 0 spiro atoms. The zero-order chi connectivity index (χ0) is 18.8. The highest BCUT2D eigenvalue weighted by Gasteiger charge is 2.31. The molecule has 0 bridgehead atoms. The highest BCUT2D eigenvalue weighted by atomic mass is 16.6. The number of hydrogen-bond acceptors (Lipinski definition) is 6. The molecule has 142 valence electrons. The summed E-state index contributed by atoms with van der Waals surface area (Å²) in [5, 5.41) is 4.03. The zero-order valence-electron chi connectivity index (χ0n) is 15.2. The first kappa shape index (κ1) is 17.5. The normalized spacial score (nSPS) is 18.2. The van der Waals surface area contributed by atoms with Crippen molar-refractivity contribution in [3.8, 4) is 11.5 Å². The largest absolute Gasteiger partial charge is 0.486 e. The number of ketones is 1. The summed E-state index contributed by atoms with van der Waals surface area (Å²) in [5.74, 6) is 1.33. The van der Waals surface area contributed by atoms with Crippen LogP contribution in [0.25, 0.3) is 0 Å². The Kier molecular flexibility index (Phi) is 4.79. The number of hydrogen-bond donors (Lipinski definition) is 0. The molecular formula is C19H22N4O4. The lowest BCUT2D eigenvalue weighted by Crippen LogP contribution is -2.43. The van der Waals surface area contributed by atoms with Gasteiger partial charge in [-0.15, -0.1) is 0 Å². The maximum Gasteiger partial charge on any atom is 0.247 e. The molecule has 2 aliphatic rings. The summed E-state index contributed by atoms with van der Waals surface area (Å²) in [6, 6.07) is 4.96. The fourth-order valence-electron chi connectivity index (χ4n) is 3.59. The van der Waals surface area contributed by atoms with Gasteiger partial charge in [-0.2, -0.15) is 5.10 Å². The number of amides is 1. The van der Waals surface area contributed by atoms with E-state index in [-0.39, 0.29) is 17.6 Å². The number of likely N-dealkylation sites (tertiary alicyclic amines) is 1. The number of nitrogens with zero attached hydrogens (tertiary/aromatic N) is 4. The van der Waals surface area contributed by atoms with Crippen LogP contribution in [0.3, 0.4) is 0 Å². The second-order valence-electron chi connectivity index (χ2n) is 6.87. The average molecular weight is 370 g/mol. The quantitative estimate of drug-likeness (QED) is 0.762. The molecule has 1 aromatic heterocycles. The summed E-state index contributed by atoms with van der Waals surface area (Å²) in [6.07, 6.45) is 4.27. The Morgan fingerprint density at radius 3 is 2.59 bits per heavy atom. The Bertz CT molecular complexity index is 828. The van der Waals surface area contributed by atoms with Gasteiger partial charge in [0.2, 0.25) is 5.91 Å². The lowest BCUT2D eigenvalue weighted by molar-refractivity contribution is -0.135. The Morgan fingerprint density at radius 2 is 1.89 bits per heavy atom. The lowest BCUT2D eigenvalue weighted by atomic mass is 9.88. The predicted molar refractivity (Wildman–Crippen MR) is 95.8 cm³/mol. The van der Waals surface area contributed by atoms with Gasteiger partial charge in [0.1, 0.15) is 31.9 Å². The van der Waals surface area contributed by atoms with Crippen LogP contribution >= 0.6 is 0 Å². The first-order valence-corrected chi connectivity index (χ1v) is 9.20. The molecule has 4 rings (SSSR count). The molecule has 1 amide bonds. The molecule has 0 saturated carbocycles. The lowest BCUT2D eigenvalue weighted by Gasteiger charge is -2.33. The fourth-order valence-corrected chi connectivity index (χ4v) is 3.59. The Labute approximate surface area is 157 Å². The van der Waals surface area contributed by atoms with Crippen LogP contribution in [0.15, 0.2) is 30.9 Å². The minimum Gasteiger partial charge on any atom is -0.486 e. The summed E-state index contributed by atoms with van der Waals surface area (Å²) in [5.41, 5.74) is 0.639. The van der Waals surface area contributed by atoms with Crippen LogP contribution in [-0.4, -0.2) is 57.7 Å². The van der Waals surface area contributed by atoms with E-state index in [2.05, 4.69) is 10.1 Å². The van der Waals surface area contributed by atoms with Gasteiger partial charge in [0.05, 0.1) is 0 Å². The summed E-state index contributed by atoms with van der Waals surface area (Å²) in [7, 11) is 0. The van der Waals surface area contributed by atoms with Gasteiger partial charge in [-0.25, -0.2) is 9.67 Å². The number of piperidine rings is 1. The van der Waals surface area contributed by atoms with Crippen LogP contribution in [0, 0.1) is 5.92 Å². The van der Waals surface area contributed by atoms with E-state index in [9.17, 15) is 9.59 Å². The zero-order valence-corrected chi connectivity index (χ0v) is 15.2. The Balaban J connectivity index is 1.37. The van der Waals surface area contributed by atoms with Crippen molar-refractivity contribution in [1.29, 1.82) is 0 Å². The summed E-state index contributed by atoms with van der Waals surface area (Å²) in [4.78, 5) is 31.2. The first-order valence-electron chi connectivity index (χ1n) is 9.20. The number of benzene rings is 1. The van der Waals surface area contributed by atoms with Crippen LogP contribution in [0.5, 0.6) is 11.5 Å². The molecule has 3 heterocycles. The average Bonchev–Trinajstić information content (AvgIpc) is 3.27. The van der Waals surface area contributed by atoms with Crippen molar-refractivity contribution in [3.05, 3.63) is 36.4 Å². The number of carbonyl (C=O) groups excluding carboxylic acids is 2. The van der Waals surface area contributed by atoms with Gasteiger partial charge in [0.15, 0.2) is 17.3 Å². The fraction of sp³-hybridized carbons (Fsp3) is 0.474. The third-order valence-electron chi connectivity index (χ3n) is 5.19. The van der Waals surface area contributed by atoms with Crippen LogP contribution in [0.4, 0.5) is 0 Å². The molecular weight excluding hydrogens is 348 g/mol. The summed E-state index contributed by atoms with van der Waals surface area (Å²) >= 11 is 0. The SMILES string of the molecule is C[C@@H](C(=O)N1CCC(C(=O)c2ccc3c(c2)OCCO3)CC1)n1cncn1. The molecule has 8 nitrogen and oxygen atoms in total. The van der Waals surface area contributed by atoms with Crippen molar-refractivity contribution in [2.45, 2.75) is 25.8 Å². The maximum atomic E-state index is 12.9. The van der Waals surface area contributed by atoms with Crippen LogP contribution in [0.1, 0.15) is 36.2 Å². The summed E-state index contributed by atoms with van der Waals surface area (Å²) in [6.45, 7) is 3.97. The molecule has 1 fully saturated rings. The van der Waals surface area contributed by atoms with Crippen LogP contribution in [-0.2, 0) is 4.79 Å². The molecule has 1 saturated heterocycles. The van der Waals surface area contributed by atoms with Crippen molar-refractivity contribution in [3.63, 3.8) is 0 Å². The minimum absolute atomic E-state index is 0.00530. The van der Waals surface area contributed by atoms with Gasteiger partial charge in [0.25, 0.3) is 0 Å². The predicted octanol–water partition coefficient (Wildman–Crippen LogP) is 1.73. The second-order valence-corrected chi connectivity index (χ2v) is 6.87. The number of carbonyl (C=O) groups is 2. The molecule has 27 heavy (non-hydrogen) atoms. The van der Waals surface area contributed by atoms with Gasteiger partial charge in [-0.3, -0.25) is 9.59 Å². The van der Waals surface area contributed by atoms with Crippen LogP contribution in [0.2, 0.25) is 0 Å². The van der Waals surface area contributed by atoms with E-state index in [1.54, 1.807) is 34.1 Å². The van der Waals surface area contributed by atoms with Gasteiger partial charge in [0, 0.05) is 24.6 Å². The monoisotopic (exact) mass is 370 g/mol. The topological polar surface area (TPSA) is 86.5 Å². The number of aromatic nitrogens is 3. The maximum absolute atomic E-state index is 12.9. The number of Topliss-reactive ketones (excluding diaryl/α,β-unsaturated/α-hetero) is 1. The van der Waals surface area contributed by atoms with Crippen molar-refractivity contribution in [1.82, 2.24) is 19.7 Å². The molecule has 0 aliphatic carbocycles. The smallest absolute Gasteiger partial charge is 0.247 e. The van der Waals surface area contributed by atoms with E-state index in [0.717, 1.165) is 0 Å². The molecule has 2 aliphatic heterocycles. The van der Waals surface area contributed by atoms with Gasteiger partial charge >= 0.3 is 0 Å². The van der Waals surface area contributed by atoms with Gasteiger partial charge in [-0.05, 0) is 38.0 Å².